The first-order valence-corrected chi connectivity index (χ1v) is 4.82. The van der Waals surface area contributed by atoms with Gasteiger partial charge in [-0.15, -0.1) is 0 Å². The van der Waals surface area contributed by atoms with E-state index in [-0.39, 0.29) is 18.0 Å². The second-order valence-corrected chi connectivity index (χ2v) is 3.61. The zero-order valence-corrected chi connectivity index (χ0v) is 8.74. The molecule has 0 aliphatic carbocycles. The lowest BCUT2D eigenvalue weighted by atomic mass is 10.3. The van der Waals surface area contributed by atoms with E-state index in [2.05, 4.69) is 0 Å². The number of thiocarbonyl (C=S) groups is 1. The van der Waals surface area contributed by atoms with Crippen molar-refractivity contribution in [2.75, 3.05) is 0 Å². The van der Waals surface area contributed by atoms with Crippen LogP contribution >= 0.6 is 12.2 Å². The van der Waals surface area contributed by atoms with Gasteiger partial charge in [-0.25, -0.2) is 0 Å². The lowest BCUT2D eigenvalue weighted by Crippen LogP contribution is -2.16. The smallest absolute Gasteiger partial charge is 0.388 e. The Morgan fingerprint density at radius 2 is 2.13 bits per heavy atom. The summed E-state index contributed by atoms with van der Waals surface area (Å²) in [5.41, 5.74) is 6.01. The first-order valence-electron chi connectivity index (χ1n) is 4.42. The molecule has 1 aromatic heterocycles. The fraction of sp³-hybridized carbons (Fsp3) is 0.444. The molecule has 0 fully saturated rings. The highest BCUT2D eigenvalue weighted by atomic mass is 32.1. The van der Waals surface area contributed by atoms with Crippen molar-refractivity contribution in [3.8, 4) is 0 Å². The number of hydrogen-bond donors (Lipinski definition) is 1. The van der Waals surface area contributed by atoms with Crippen LogP contribution in [-0.2, 0) is 6.54 Å². The third-order valence-corrected chi connectivity index (χ3v) is 2.15. The molecule has 0 aliphatic heterocycles. The van der Waals surface area contributed by atoms with E-state index in [1.165, 1.54) is 0 Å². The number of alkyl halides is 3. The molecular weight excluding hydrogens is 225 g/mol. The number of aryl methyl sites for hydroxylation is 1. The molecule has 1 heterocycles. The summed E-state index contributed by atoms with van der Waals surface area (Å²) < 4.78 is 37.3. The van der Waals surface area contributed by atoms with Crippen LogP contribution in [0.5, 0.6) is 0 Å². The summed E-state index contributed by atoms with van der Waals surface area (Å²) in [6.07, 6.45) is -3.18. The Morgan fingerprint density at radius 3 is 2.67 bits per heavy atom. The molecule has 1 rings (SSSR count). The van der Waals surface area contributed by atoms with Crippen molar-refractivity contribution < 1.29 is 13.2 Å². The largest absolute Gasteiger partial charge is 0.389 e. The van der Waals surface area contributed by atoms with Gasteiger partial charge in [0.15, 0.2) is 0 Å². The molecule has 0 saturated carbocycles. The highest BCUT2D eigenvalue weighted by molar-refractivity contribution is 7.80. The van der Waals surface area contributed by atoms with Crippen LogP contribution in [0.1, 0.15) is 18.5 Å². The third kappa shape index (κ3) is 3.91. The van der Waals surface area contributed by atoms with E-state index in [1.807, 2.05) is 0 Å². The zero-order valence-electron chi connectivity index (χ0n) is 7.92. The van der Waals surface area contributed by atoms with Gasteiger partial charge < -0.3 is 10.3 Å². The first-order chi connectivity index (χ1) is 6.90. The Labute approximate surface area is 90.9 Å². The fourth-order valence-corrected chi connectivity index (χ4v) is 1.47. The first kappa shape index (κ1) is 12.0. The summed E-state index contributed by atoms with van der Waals surface area (Å²) in [5.74, 6) is 0. The van der Waals surface area contributed by atoms with Crippen LogP contribution in [0.25, 0.3) is 0 Å². The Balaban J connectivity index is 2.51. The molecule has 0 spiro atoms. The quantitative estimate of drug-likeness (QED) is 0.814. The molecule has 1 aromatic rings. The summed E-state index contributed by atoms with van der Waals surface area (Å²) in [6.45, 7) is 0.277. The number of nitrogens with two attached hydrogens (primary N) is 1. The second kappa shape index (κ2) is 4.65. The minimum Gasteiger partial charge on any atom is -0.388 e. The van der Waals surface area contributed by atoms with Crippen molar-refractivity contribution in [1.82, 2.24) is 4.57 Å². The maximum Gasteiger partial charge on any atom is 0.389 e. The molecule has 0 atom stereocenters. The van der Waals surface area contributed by atoms with Crippen molar-refractivity contribution in [2.45, 2.75) is 25.6 Å². The van der Waals surface area contributed by atoms with E-state index in [1.54, 1.807) is 22.9 Å². The maximum atomic E-state index is 11.9. The van der Waals surface area contributed by atoms with Gasteiger partial charge in [-0.1, -0.05) is 12.2 Å². The van der Waals surface area contributed by atoms with Gasteiger partial charge >= 0.3 is 6.18 Å². The predicted molar refractivity (Wildman–Crippen MR) is 55.6 cm³/mol. The number of rotatable bonds is 4. The minimum absolute atomic E-state index is 0.0355. The highest BCUT2D eigenvalue weighted by Crippen LogP contribution is 2.21. The summed E-state index contributed by atoms with van der Waals surface area (Å²) in [5, 5.41) is 0. The topological polar surface area (TPSA) is 30.9 Å². The molecule has 15 heavy (non-hydrogen) atoms. The van der Waals surface area contributed by atoms with Gasteiger partial charge in [0.25, 0.3) is 0 Å². The van der Waals surface area contributed by atoms with Gasteiger partial charge in [-0.2, -0.15) is 13.2 Å². The van der Waals surface area contributed by atoms with Gasteiger partial charge in [-0.3, -0.25) is 0 Å². The second-order valence-electron chi connectivity index (χ2n) is 3.17. The Morgan fingerprint density at radius 1 is 1.47 bits per heavy atom. The summed E-state index contributed by atoms with van der Waals surface area (Å²) in [4.78, 5) is 0.201. The van der Waals surface area contributed by atoms with E-state index in [4.69, 9.17) is 18.0 Å². The molecule has 0 unspecified atom stereocenters. The van der Waals surface area contributed by atoms with Crippen molar-refractivity contribution in [3.05, 3.63) is 24.0 Å². The maximum absolute atomic E-state index is 11.9. The molecule has 0 radical (unpaired) electrons. The molecule has 0 aromatic carbocycles. The SMILES string of the molecule is NC(=S)c1cccn1CCCC(F)(F)F. The Kier molecular flexibility index (Phi) is 3.73. The summed E-state index contributed by atoms with van der Waals surface area (Å²) in [6, 6.07) is 3.40. The van der Waals surface area contributed by atoms with E-state index < -0.39 is 12.6 Å². The van der Waals surface area contributed by atoms with E-state index >= 15 is 0 Å². The van der Waals surface area contributed by atoms with Crippen molar-refractivity contribution in [3.63, 3.8) is 0 Å². The summed E-state index contributed by atoms with van der Waals surface area (Å²) >= 11 is 4.76. The molecule has 0 aliphatic rings. The third-order valence-electron chi connectivity index (χ3n) is 1.94. The van der Waals surface area contributed by atoms with Crippen LogP contribution in [0.4, 0.5) is 13.2 Å². The number of hydrogen-bond acceptors (Lipinski definition) is 1. The number of halogens is 3. The molecule has 0 bridgehead atoms. The van der Waals surface area contributed by atoms with Crippen LogP contribution in [-0.4, -0.2) is 15.7 Å². The van der Waals surface area contributed by atoms with Gasteiger partial charge in [0.05, 0.1) is 5.69 Å². The molecule has 0 saturated heterocycles. The van der Waals surface area contributed by atoms with Crippen molar-refractivity contribution >= 4 is 17.2 Å². The predicted octanol–water partition coefficient (Wildman–Crippen LogP) is 2.46. The molecule has 2 nitrogen and oxygen atoms in total. The van der Waals surface area contributed by atoms with Crippen LogP contribution in [0.3, 0.4) is 0 Å². The Bertz CT molecular complexity index is 343. The van der Waals surface area contributed by atoms with Crippen molar-refractivity contribution in [1.29, 1.82) is 0 Å². The van der Waals surface area contributed by atoms with E-state index in [0.717, 1.165) is 0 Å². The van der Waals surface area contributed by atoms with Gasteiger partial charge in [-0.05, 0) is 18.6 Å². The monoisotopic (exact) mass is 236 g/mol. The zero-order chi connectivity index (χ0) is 11.5. The fourth-order valence-electron chi connectivity index (χ4n) is 1.28. The molecule has 6 heteroatoms. The Hall–Kier alpha value is -1.04. The van der Waals surface area contributed by atoms with Gasteiger partial charge in [0.1, 0.15) is 4.99 Å². The highest BCUT2D eigenvalue weighted by Gasteiger charge is 2.26. The molecule has 2 N–H and O–H groups in total. The van der Waals surface area contributed by atoms with Gasteiger partial charge in [0.2, 0.25) is 0 Å². The van der Waals surface area contributed by atoms with E-state index in [9.17, 15) is 13.2 Å². The summed E-state index contributed by atoms with van der Waals surface area (Å²) in [7, 11) is 0. The average Bonchev–Trinajstić information content (AvgIpc) is 2.49. The van der Waals surface area contributed by atoms with Crippen LogP contribution in [0.2, 0.25) is 0 Å². The van der Waals surface area contributed by atoms with Crippen LogP contribution in [0, 0.1) is 0 Å². The average molecular weight is 236 g/mol. The van der Waals surface area contributed by atoms with E-state index in [0.29, 0.717) is 5.69 Å². The van der Waals surface area contributed by atoms with Crippen LogP contribution in [0.15, 0.2) is 18.3 Å². The normalized spacial score (nSPS) is 11.7. The van der Waals surface area contributed by atoms with Gasteiger partial charge in [0, 0.05) is 19.2 Å². The minimum atomic E-state index is -4.10. The van der Waals surface area contributed by atoms with Crippen molar-refractivity contribution in [2.24, 2.45) is 5.73 Å². The molecule has 0 amide bonds. The number of nitrogens with zero attached hydrogens (tertiary/aromatic N) is 1. The number of aromatic nitrogens is 1. The molecular formula is C9H11F3N2S. The standard InChI is InChI=1S/C9H11F3N2S/c10-9(11,12)4-2-6-14-5-1-3-7(14)8(13)15/h1,3,5H,2,4,6H2,(H2,13,15). The lowest BCUT2D eigenvalue weighted by molar-refractivity contribution is -0.135. The molecule has 84 valence electrons. The lowest BCUT2D eigenvalue weighted by Gasteiger charge is -2.09. The van der Waals surface area contributed by atoms with Crippen LogP contribution < -0.4 is 5.73 Å².